The highest BCUT2D eigenvalue weighted by molar-refractivity contribution is 5.85. The van der Waals surface area contributed by atoms with Crippen LogP contribution in [0.2, 0.25) is 0 Å². The summed E-state index contributed by atoms with van der Waals surface area (Å²) in [6.07, 6.45) is 1.69. The molecule has 0 aliphatic rings. The van der Waals surface area contributed by atoms with Crippen molar-refractivity contribution in [2.75, 3.05) is 0 Å². The summed E-state index contributed by atoms with van der Waals surface area (Å²) in [5.41, 5.74) is 5.06. The summed E-state index contributed by atoms with van der Waals surface area (Å²) in [6, 6.07) is 13.6. The molecule has 1 heterocycles. The van der Waals surface area contributed by atoms with Crippen LogP contribution in [-0.2, 0) is 17.9 Å². The van der Waals surface area contributed by atoms with E-state index in [2.05, 4.69) is 5.32 Å². The van der Waals surface area contributed by atoms with Crippen molar-refractivity contribution < 1.29 is 4.79 Å². The normalized spacial score (nSPS) is 10.8. The third-order valence-corrected chi connectivity index (χ3v) is 4.34. The highest BCUT2D eigenvalue weighted by Gasteiger charge is 2.09. The Bertz CT molecular complexity index is 985. The molecule has 0 aliphatic heterocycles. The van der Waals surface area contributed by atoms with Crippen molar-refractivity contribution in [3.63, 3.8) is 0 Å². The van der Waals surface area contributed by atoms with Crippen molar-refractivity contribution in [1.29, 1.82) is 0 Å². The molecule has 2 aromatic carbocycles. The smallest absolute Gasteiger partial charge is 0.240 e. The van der Waals surface area contributed by atoms with E-state index in [9.17, 15) is 9.59 Å². The standard InChI is InChI=1S/C21H22N2O2/c1-14-4-6-17(7-5-14)12-22-20(25)13-23-9-8-19(24)21-16(3)10-15(2)11-18(21)23/h4-11H,12-13H2,1-3H3,(H,22,25). The summed E-state index contributed by atoms with van der Waals surface area (Å²) < 4.78 is 1.83. The summed E-state index contributed by atoms with van der Waals surface area (Å²) in [4.78, 5) is 24.5. The molecule has 0 radical (unpaired) electrons. The number of rotatable bonds is 4. The first-order chi connectivity index (χ1) is 11.9. The molecule has 0 atom stereocenters. The molecule has 3 rings (SSSR count). The van der Waals surface area contributed by atoms with Crippen LogP contribution in [0, 0.1) is 20.8 Å². The van der Waals surface area contributed by atoms with Crippen LogP contribution < -0.4 is 10.7 Å². The number of carbonyl (C=O) groups excluding carboxylic acids is 1. The van der Waals surface area contributed by atoms with Gasteiger partial charge in [-0.1, -0.05) is 35.9 Å². The maximum Gasteiger partial charge on any atom is 0.240 e. The molecule has 1 N–H and O–H groups in total. The minimum absolute atomic E-state index is 0.0104. The summed E-state index contributed by atoms with van der Waals surface area (Å²) in [7, 11) is 0. The van der Waals surface area contributed by atoms with Crippen LogP contribution in [0.15, 0.2) is 53.5 Å². The predicted molar refractivity (Wildman–Crippen MR) is 101 cm³/mol. The SMILES string of the molecule is Cc1ccc(CNC(=O)Cn2ccc(=O)c3c(C)cc(C)cc32)cc1. The molecular weight excluding hydrogens is 312 g/mol. The molecule has 0 aliphatic carbocycles. The lowest BCUT2D eigenvalue weighted by Gasteiger charge is -2.13. The zero-order valence-corrected chi connectivity index (χ0v) is 14.8. The van der Waals surface area contributed by atoms with Gasteiger partial charge in [0.2, 0.25) is 5.91 Å². The number of amides is 1. The fraction of sp³-hybridized carbons (Fsp3) is 0.238. The van der Waals surface area contributed by atoms with Crippen molar-refractivity contribution in [3.8, 4) is 0 Å². The Kier molecular flexibility index (Phi) is 4.70. The minimum atomic E-state index is -0.0790. The van der Waals surface area contributed by atoms with Gasteiger partial charge in [0.1, 0.15) is 6.54 Å². The van der Waals surface area contributed by atoms with Crippen LogP contribution in [0.3, 0.4) is 0 Å². The minimum Gasteiger partial charge on any atom is -0.350 e. The zero-order chi connectivity index (χ0) is 18.0. The molecule has 128 valence electrons. The van der Waals surface area contributed by atoms with E-state index in [1.807, 2.05) is 61.7 Å². The van der Waals surface area contributed by atoms with Crippen molar-refractivity contribution in [2.45, 2.75) is 33.9 Å². The average molecular weight is 334 g/mol. The van der Waals surface area contributed by atoms with E-state index >= 15 is 0 Å². The van der Waals surface area contributed by atoms with Gasteiger partial charge in [0.05, 0.1) is 5.52 Å². The molecule has 4 heteroatoms. The number of aromatic nitrogens is 1. The molecule has 25 heavy (non-hydrogen) atoms. The van der Waals surface area contributed by atoms with Crippen LogP contribution in [0.1, 0.15) is 22.3 Å². The number of nitrogens with zero attached hydrogens (tertiary/aromatic N) is 1. The molecule has 0 fully saturated rings. The first-order valence-electron chi connectivity index (χ1n) is 8.37. The average Bonchev–Trinajstić information content (AvgIpc) is 2.56. The lowest BCUT2D eigenvalue weighted by molar-refractivity contribution is -0.121. The zero-order valence-electron chi connectivity index (χ0n) is 14.8. The summed E-state index contributed by atoms with van der Waals surface area (Å²) in [5, 5.41) is 3.62. The largest absolute Gasteiger partial charge is 0.350 e. The number of aryl methyl sites for hydroxylation is 3. The van der Waals surface area contributed by atoms with Gasteiger partial charge in [-0.2, -0.15) is 0 Å². The van der Waals surface area contributed by atoms with Crippen LogP contribution in [-0.4, -0.2) is 10.5 Å². The maximum atomic E-state index is 12.3. The first-order valence-corrected chi connectivity index (χ1v) is 8.37. The lowest BCUT2D eigenvalue weighted by Crippen LogP contribution is -2.27. The monoisotopic (exact) mass is 334 g/mol. The van der Waals surface area contributed by atoms with Gasteiger partial charge in [-0.15, -0.1) is 0 Å². The van der Waals surface area contributed by atoms with E-state index in [1.165, 1.54) is 11.6 Å². The summed E-state index contributed by atoms with van der Waals surface area (Å²) in [6.45, 7) is 6.64. The van der Waals surface area contributed by atoms with Crippen LogP contribution in [0.5, 0.6) is 0 Å². The second-order valence-corrected chi connectivity index (χ2v) is 6.55. The number of hydrogen-bond acceptors (Lipinski definition) is 2. The second kappa shape index (κ2) is 6.93. The van der Waals surface area contributed by atoms with E-state index in [1.54, 1.807) is 6.20 Å². The highest BCUT2D eigenvalue weighted by Crippen LogP contribution is 2.17. The fourth-order valence-corrected chi connectivity index (χ4v) is 3.07. The quantitative estimate of drug-likeness (QED) is 0.796. The molecule has 0 bridgehead atoms. The highest BCUT2D eigenvalue weighted by atomic mass is 16.2. The topological polar surface area (TPSA) is 51.1 Å². The molecule has 3 aromatic rings. The lowest BCUT2D eigenvalue weighted by atomic mass is 10.1. The molecule has 0 spiro atoms. The molecular formula is C21H22N2O2. The van der Waals surface area contributed by atoms with Gasteiger partial charge in [-0.05, 0) is 43.5 Å². The Morgan fingerprint density at radius 3 is 2.44 bits per heavy atom. The molecule has 4 nitrogen and oxygen atoms in total. The van der Waals surface area contributed by atoms with Crippen molar-refractivity contribution in [3.05, 3.63) is 81.1 Å². The third-order valence-electron chi connectivity index (χ3n) is 4.34. The Labute approximate surface area is 147 Å². The van der Waals surface area contributed by atoms with Crippen molar-refractivity contribution in [2.24, 2.45) is 0 Å². The number of nitrogens with one attached hydrogen (secondary N) is 1. The Morgan fingerprint density at radius 2 is 1.72 bits per heavy atom. The van der Waals surface area contributed by atoms with E-state index in [-0.39, 0.29) is 17.9 Å². The Hall–Kier alpha value is -2.88. The molecule has 0 unspecified atom stereocenters. The Balaban J connectivity index is 1.80. The van der Waals surface area contributed by atoms with E-state index in [0.717, 1.165) is 22.2 Å². The molecule has 1 aromatic heterocycles. The third kappa shape index (κ3) is 3.79. The Morgan fingerprint density at radius 1 is 1.00 bits per heavy atom. The van der Waals surface area contributed by atoms with Gasteiger partial charge in [-0.25, -0.2) is 0 Å². The van der Waals surface area contributed by atoms with Crippen LogP contribution >= 0.6 is 0 Å². The molecule has 0 saturated carbocycles. The van der Waals surface area contributed by atoms with Crippen LogP contribution in [0.4, 0.5) is 0 Å². The van der Waals surface area contributed by atoms with Gasteiger partial charge in [0.15, 0.2) is 5.43 Å². The number of hydrogen-bond donors (Lipinski definition) is 1. The number of fused-ring (bicyclic) bond motifs is 1. The van der Waals surface area contributed by atoms with E-state index in [0.29, 0.717) is 11.9 Å². The second-order valence-electron chi connectivity index (χ2n) is 6.55. The number of pyridine rings is 1. The fourth-order valence-electron chi connectivity index (χ4n) is 3.07. The molecule has 1 amide bonds. The maximum absolute atomic E-state index is 12.3. The number of carbonyl (C=O) groups is 1. The van der Waals surface area contributed by atoms with E-state index in [4.69, 9.17) is 0 Å². The molecule has 0 saturated heterocycles. The van der Waals surface area contributed by atoms with E-state index < -0.39 is 0 Å². The van der Waals surface area contributed by atoms with Crippen LogP contribution in [0.25, 0.3) is 10.9 Å². The number of benzene rings is 2. The van der Waals surface area contributed by atoms with Crippen molar-refractivity contribution >= 4 is 16.8 Å². The predicted octanol–water partition coefficient (Wildman–Crippen LogP) is 3.24. The van der Waals surface area contributed by atoms with Gasteiger partial charge in [-0.3, -0.25) is 9.59 Å². The summed E-state index contributed by atoms with van der Waals surface area (Å²) >= 11 is 0. The van der Waals surface area contributed by atoms with Gasteiger partial charge in [0.25, 0.3) is 0 Å². The summed E-state index contributed by atoms with van der Waals surface area (Å²) in [5.74, 6) is -0.0790. The first kappa shape index (κ1) is 17.0. The van der Waals surface area contributed by atoms with Gasteiger partial charge in [0, 0.05) is 24.2 Å². The van der Waals surface area contributed by atoms with Gasteiger partial charge < -0.3 is 9.88 Å². The van der Waals surface area contributed by atoms with Gasteiger partial charge >= 0.3 is 0 Å². The van der Waals surface area contributed by atoms with Crippen molar-refractivity contribution in [1.82, 2.24) is 9.88 Å².